The number of nitrogens with zero attached hydrogens (tertiary/aromatic N) is 1. The van der Waals surface area contributed by atoms with Gasteiger partial charge in [-0.3, -0.25) is 0 Å². The van der Waals surface area contributed by atoms with Gasteiger partial charge in [0.2, 0.25) is 0 Å². The monoisotopic (exact) mass is 165 g/mol. The molecule has 12 heavy (non-hydrogen) atoms. The molecule has 0 fully saturated rings. The number of para-hydroxylation sites is 1. The van der Waals surface area contributed by atoms with Gasteiger partial charge in [-0.25, -0.2) is 0 Å². The Balaban J connectivity index is 2.52. The molecule has 0 aliphatic heterocycles. The second kappa shape index (κ2) is 4.38. The molecule has 1 atom stereocenters. The lowest BCUT2D eigenvalue weighted by Crippen LogP contribution is -2.12. The molecule has 1 aromatic carbocycles. The van der Waals surface area contributed by atoms with E-state index in [2.05, 4.69) is 5.16 Å². The Morgan fingerprint density at radius 2 is 2.08 bits per heavy atom. The molecule has 0 amide bonds. The average Bonchev–Trinajstić information content (AvgIpc) is 2.06. The summed E-state index contributed by atoms with van der Waals surface area (Å²) in [5.41, 5.74) is 0. The summed E-state index contributed by atoms with van der Waals surface area (Å²) in [5, 5.41) is 11.1. The first-order valence-electron chi connectivity index (χ1n) is 3.72. The van der Waals surface area contributed by atoms with Crippen LogP contribution in [0.5, 0.6) is 5.75 Å². The normalized spacial score (nSPS) is 13.1. The summed E-state index contributed by atoms with van der Waals surface area (Å²) in [5.74, 6) is 0.768. The van der Waals surface area contributed by atoms with Crippen LogP contribution < -0.4 is 4.74 Å². The molecule has 3 heteroatoms. The highest BCUT2D eigenvalue weighted by atomic mass is 16.5. The summed E-state index contributed by atoms with van der Waals surface area (Å²) < 4.78 is 5.35. The van der Waals surface area contributed by atoms with Gasteiger partial charge in [0.1, 0.15) is 11.9 Å². The first kappa shape index (κ1) is 8.59. The molecule has 0 bridgehead atoms. The summed E-state index contributed by atoms with van der Waals surface area (Å²) in [7, 11) is 0. The van der Waals surface area contributed by atoms with Gasteiger partial charge in [0.15, 0.2) is 0 Å². The van der Waals surface area contributed by atoms with Crippen molar-refractivity contribution in [1.82, 2.24) is 0 Å². The highest BCUT2D eigenvalue weighted by Gasteiger charge is 1.98. The average molecular weight is 165 g/mol. The van der Waals surface area contributed by atoms with Crippen molar-refractivity contribution in [3.63, 3.8) is 0 Å². The number of hydrogen-bond acceptors (Lipinski definition) is 3. The van der Waals surface area contributed by atoms with Crippen LogP contribution in [0.15, 0.2) is 35.5 Å². The summed E-state index contributed by atoms with van der Waals surface area (Å²) >= 11 is 0. The SMILES string of the molecule is CC(C=NO)Oc1ccccc1. The molecule has 0 aromatic heterocycles. The maximum atomic E-state index is 8.20. The van der Waals surface area contributed by atoms with Gasteiger partial charge in [0, 0.05) is 0 Å². The first-order chi connectivity index (χ1) is 5.83. The van der Waals surface area contributed by atoms with Crippen LogP contribution >= 0.6 is 0 Å². The fraction of sp³-hybridized carbons (Fsp3) is 0.222. The largest absolute Gasteiger partial charge is 0.485 e. The lowest BCUT2D eigenvalue weighted by atomic mass is 10.3. The minimum absolute atomic E-state index is 0.211. The molecule has 0 saturated heterocycles. The van der Waals surface area contributed by atoms with Crippen molar-refractivity contribution in [2.75, 3.05) is 0 Å². The molecule has 3 nitrogen and oxygen atoms in total. The first-order valence-corrected chi connectivity index (χ1v) is 3.72. The molecule has 0 radical (unpaired) electrons. The molecule has 0 aliphatic carbocycles. The van der Waals surface area contributed by atoms with Gasteiger partial charge in [-0.2, -0.15) is 0 Å². The number of hydrogen-bond donors (Lipinski definition) is 1. The van der Waals surface area contributed by atoms with Gasteiger partial charge in [0.05, 0.1) is 6.21 Å². The minimum Gasteiger partial charge on any atom is -0.485 e. The number of rotatable bonds is 3. The van der Waals surface area contributed by atoms with Crippen LogP contribution in [0.2, 0.25) is 0 Å². The highest BCUT2D eigenvalue weighted by Crippen LogP contribution is 2.09. The Morgan fingerprint density at radius 1 is 1.42 bits per heavy atom. The third kappa shape index (κ3) is 2.62. The molecule has 1 aromatic rings. The van der Waals surface area contributed by atoms with E-state index >= 15 is 0 Å². The Kier molecular flexibility index (Phi) is 3.14. The van der Waals surface area contributed by atoms with Gasteiger partial charge < -0.3 is 9.94 Å². The van der Waals surface area contributed by atoms with Gasteiger partial charge >= 0.3 is 0 Å². The Bertz CT molecular complexity index is 246. The molecule has 0 heterocycles. The van der Waals surface area contributed by atoms with Crippen LogP contribution in [0.25, 0.3) is 0 Å². The molecular weight excluding hydrogens is 154 g/mol. The Labute approximate surface area is 71.3 Å². The van der Waals surface area contributed by atoms with Crippen molar-refractivity contribution in [3.05, 3.63) is 30.3 Å². The summed E-state index contributed by atoms with van der Waals surface area (Å²) in [6.45, 7) is 1.80. The van der Waals surface area contributed by atoms with Crippen LogP contribution in [0, 0.1) is 0 Å². The van der Waals surface area contributed by atoms with Crippen molar-refractivity contribution >= 4 is 6.21 Å². The number of ether oxygens (including phenoxy) is 1. The molecular formula is C9H11NO2. The van der Waals surface area contributed by atoms with Crippen molar-refractivity contribution in [3.8, 4) is 5.75 Å². The lowest BCUT2D eigenvalue weighted by molar-refractivity contribution is 0.274. The molecule has 1 unspecified atom stereocenters. The molecule has 0 spiro atoms. The summed E-state index contributed by atoms with van der Waals surface area (Å²) in [6.07, 6.45) is 1.12. The molecule has 0 saturated carbocycles. The second-order valence-corrected chi connectivity index (χ2v) is 2.40. The third-order valence-electron chi connectivity index (χ3n) is 1.34. The summed E-state index contributed by atoms with van der Waals surface area (Å²) in [4.78, 5) is 0. The highest BCUT2D eigenvalue weighted by molar-refractivity contribution is 5.62. The lowest BCUT2D eigenvalue weighted by Gasteiger charge is -2.08. The number of benzene rings is 1. The van der Waals surface area contributed by atoms with Gasteiger partial charge in [-0.1, -0.05) is 23.4 Å². The zero-order valence-electron chi connectivity index (χ0n) is 6.84. The van der Waals surface area contributed by atoms with E-state index in [-0.39, 0.29) is 6.10 Å². The van der Waals surface area contributed by atoms with Crippen LogP contribution in [0.3, 0.4) is 0 Å². The van der Waals surface area contributed by atoms with Crippen molar-refractivity contribution in [2.24, 2.45) is 5.16 Å². The van der Waals surface area contributed by atoms with E-state index in [0.29, 0.717) is 0 Å². The van der Waals surface area contributed by atoms with E-state index in [9.17, 15) is 0 Å². The molecule has 0 aliphatic rings. The van der Waals surface area contributed by atoms with Gasteiger partial charge in [-0.15, -0.1) is 0 Å². The standard InChI is InChI=1S/C9H11NO2/c1-8(7-10-11)12-9-5-3-2-4-6-9/h2-8,11H,1H3. The Morgan fingerprint density at radius 3 is 2.67 bits per heavy atom. The summed E-state index contributed by atoms with van der Waals surface area (Å²) in [6, 6.07) is 9.39. The number of oxime groups is 1. The zero-order valence-corrected chi connectivity index (χ0v) is 6.84. The smallest absolute Gasteiger partial charge is 0.134 e. The topological polar surface area (TPSA) is 41.8 Å². The van der Waals surface area contributed by atoms with E-state index in [1.165, 1.54) is 6.21 Å². The zero-order chi connectivity index (χ0) is 8.81. The van der Waals surface area contributed by atoms with Crippen LogP contribution in [-0.4, -0.2) is 17.5 Å². The van der Waals surface area contributed by atoms with E-state index in [1.807, 2.05) is 30.3 Å². The van der Waals surface area contributed by atoms with Crippen molar-refractivity contribution in [1.29, 1.82) is 0 Å². The molecule has 1 N–H and O–H groups in total. The van der Waals surface area contributed by atoms with Gasteiger partial charge in [-0.05, 0) is 19.1 Å². The van der Waals surface area contributed by atoms with Crippen LogP contribution in [0.1, 0.15) is 6.92 Å². The molecule has 64 valence electrons. The maximum Gasteiger partial charge on any atom is 0.134 e. The fourth-order valence-electron chi connectivity index (χ4n) is 0.838. The fourth-order valence-corrected chi connectivity index (χ4v) is 0.838. The van der Waals surface area contributed by atoms with Crippen LogP contribution in [-0.2, 0) is 0 Å². The van der Waals surface area contributed by atoms with Crippen LogP contribution in [0.4, 0.5) is 0 Å². The quantitative estimate of drug-likeness (QED) is 0.422. The molecule has 1 rings (SSSR count). The van der Waals surface area contributed by atoms with E-state index in [0.717, 1.165) is 5.75 Å². The maximum absolute atomic E-state index is 8.20. The van der Waals surface area contributed by atoms with E-state index < -0.39 is 0 Å². The van der Waals surface area contributed by atoms with Crippen molar-refractivity contribution < 1.29 is 9.94 Å². The van der Waals surface area contributed by atoms with Crippen molar-refractivity contribution in [2.45, 2.75) is 13.0 Å². The predicted molar refractivity (Wildman–Crippen MR) is 46.8 cm³/mol. The third-order valence-corrected chi connectivity index (χ3v) is 1.34. The minimum atomic E-state index is -0.211. The Hall–Kier alpha value is -1.51. The van der Waals surface area contributed by atoms with E-state index in [4.69, 9.17) is 9.94 Å². The predicted octanol–water partition coefficient (Wildman–Crippen LogP) is 1.91. The van der Waals surface area contributed by atoms with Gasteiger partial charge in [0.25, 0.3) is 0 Å². The second-order valence-electron chi connectivity index (χ2n) is 2.40. The van der Waals surface area contributed by atoms with E-state index in [1.54, 1.807) is 6.92 Å².